The standard InChI is InChI=1S/C11H13N3/c1-14(9-6-7-13-8-9)11-5-3-2-4-10(11)12/h2-8,13H,12H2,1H3. The van der Waals surface area contributed by atoms with E-state index in [1.807, 2.05) is 54.7 Å². The molecular weight excluding hydrogens is 174 g/mol. The number of nitrogens with one attached hydrogen (secondary N) is 1. The maximum absolute atomic E-state index is 5.88. The van der Waals surface area contributed by atoms with Crippen molar-refractivity contribution in [2.45, 2.75) is 0 Å². The van der Waals surface area contributed by atoms with E-state index in [9.17, 15) is 0 Å². The van der Waals surface area contributed by atoms with Crippen molar-refractivity contribution in [1.29, 1.82) is 0 Å². The Hall–Kier alpha value is -1.90. The summed E-state index contributed by atoms with van der Waals surface area (Å²) in [5.74, 6) is 0. The van der Waals surface area contributed by atoms with Crippen molar-refractivity contribution in [3.05, 3.63) is 42.7 Å². The van der Waals surface area contributed by atoms with Crippen LogP contribution in [0.25, 0.3) is 0 Å². The van der Waals surface area contributed by atoms with E-state index >= 15 is 0 Å². The van der Waals surface area contributed by atoms with Crippen molar-refractivity contribution in [3.8, 4) is 0 Å². The Morgan fingerprint density at radius 3 is 2.64 bits per heavy atom. The van der Waals surface area contributed by atoms with Crippen LogP contribution in [0, 0.1) is 0 Å². The Morgan fingerprint density at radius 1 is 1.21 bits per heavy atom. The predicted molar refractivity (Wildman–Crippen MR) is 59.7 cm³/mol. The van der Waals surface area contributed by atoms with Crippen LogP contribution < -0.4 is 10.6 Å². The van der Waals surface area contributed by atoms with Crippen LogP contribution in [0.3, 0.4) is 0 Å². The van der Waals surface area contributed by atoms with Crippen LogP contribution in [-0.4, -0.2) is 12.0 Å². The Morgan fingerprint density at radius 2 is 2.00 bits per heavy atom. The monoisotopic (exact) mass is 187 g/mol. The highest BCUT2D eigenvalue weighted by atomic mass is 15.1. The van der Waals surface area contributed by atoms with Gasteiger partial charge in [-0.1, -0.05) is 12.1 Å². The number of nitrogens with two attached hydrogens (primary N) is 1. The van der Waals surface area contributed by atoms with E-state index in [2.05, 4.69) is 4.98 Å². The molecule has 0 spiro atoms. The minimum atomic E-state index is 0.788. The molecule has 0 aliphatic carbocycles. The molecule has 1 aromatic carbocycles. The number of hydrogen-bond acceptors (Lipinski definition) is 2. The van der Waals surface area contributed by atoms with Crippen molar-refractivity contribution in [1.82, 2.24) is 4.98 Å². The van der Waals surface area contributed by atoms with Crippen molar-refractivity contribution in [2.75, 3.05) is 17.7 Å². The third-order valence-electron chi connectivity index (χ3n) is 2.27. The fraction of sp³-hybridized carbons (Fsp3) is 0.0909. The minimum Gasteiger partial charge on any atom is -0.397 e. The lowest BCUT2D eigenvalue weighted by Gasteiger charge is -2.19. The van der Waals surface area contributed by atoms with Crippen molar-refractivity contribution < 1.29 is 0 Å². The van der Waals surface area contributed by atoms with Crippen LogP contribution in [0.2, 0.25) is 0 Å². The molecule has 0 bridgehead atoms. The molecule has 0 radical (unpaired) electrons. The molecule has 3 heteroatoms. The van der Waals surface area contributed by atoms with Gasteiger partial charge in [0.15, 0.2) is 0 Å². The number of hydrogen-bond donors (Lipinski definition) is 2. The van der Waals surface area contributed by atoms with Gasteiger partial charge in [-0.25, -0.2) is 0 Å². The minimum absolute atomic E-state index is 0.788. The van der Waals surface area contributed by atoms with Gasteiger partial charge in [0, 0.05) is 19.4 Å². The highest BCUT2D eigenvalue weighted by Crippen LogP contribution is 2.27. The van der Waals surface area contributed by atoms with Gasteiger partial charge in [0.25, 0.3) is 0 Å². The molecule has 1 heterocycles. The van der Waals surface area contributed by atoms with Crippen molar-refractivity contribution in [3.63, 3.8) is 0 Å². The average Bonchev–Trinajstić information content (AvgIpc) is 2.70. The largest absolute Gasteiger partial charge is 0.397 e. The van der Waals surface area contributed by atoms with Crippen LogP contribution in [0.1, 0.15) is 0 Å². The molecule has 0 aliphatic heterocycles. The molecule has 2 rings (SSSR count). The summed E-state index contributed by atoms with van der Waals surface area (Å²) in [6, 6.07) is 9.83. The summed E-state index contributed by atoms with van der Waals surface area (Å²) in [5, 5.41) is 0. The summed E-state index contributed by atoms with van der Waals surface area (Å²) in [4.78, 5) is 5.06. The highest BCUT2D eigenvalue weighted by molar-refractivity contribution is 5.73. The molecule has 0 saturated heterocycles. The van der Waals surface area contributed by atoms with E-state index in [1.165, 1.54) is 0 Å². The lowest BCUT2D eigenvalue weighted by molar-refractivity contribution is 1.21. The third kappa shape index (κ3) is 1.44. The number of rotatable bonds is 2. The van der Waals surface area contributed by atoms with Gasteiger partial charge < -0.3 is 15.6 Å². The predicted octanol–water partition coefficient (Wildman–Crippen LogP) is 2.36. The molecule has 1 aromatic heterocycles. The molecule has 0 unspecified atom stereocenters. The van der Waals surface area contributed by atoms with Gasteiger partial charge in [-0.15, -0.1) is 0 Å². The highest BCUT2D eigenvalue weighted by Gasteiger charge is 2.05. The number of nitrogen functional groups attached to an aromatic ring is 1. The molecule has 0 fully saturated rings. The summed E-state index contributed by atoms with van der Waals surface area (Å²) < 4.78 is 0. The Balaban J connectivity index is 2.37. The van der Waals surface area contributed by atoms with Crippen LogP contribution in [0.4, 0.5) is 17.1 Å². The first-order valence-electron chi connectivity index (χ1n) is 4.50. The Kier molecular flexibility index (Phi) is 2.14. The zero-order chi connectivity index (χ0) is 9.97. The number of aromatic amines is 1. The first-order valence-corrected chi connectivity index (χ1v) is 4.50. The quantitative estimate of drug-likeness (QED) is 0.709. The number of H-pyrrole nitrogens is 1. The summed E-state index contributed by atoms with van der Waals surface area (Å²) in [7, 11) is 1.99. The lowest BCUT2D eigenvalue weighted by Crippen LogP contribution is -2.10. The second kappa shape index (κ2) is 3.46. The maximum Gasteiger partial charge on any atom is 0.0642 e. The zero-order valence-corrected chi connectivity index (χ0v) is 8.07. The van der Waals surface area contributed by atoms with Gasteiger partial charge in [0.1, 0.15) is 0 Å². The molecule has 0 amide bonds. The Bertz CT molecular complexity index is 406. The molecule has 3 nitrogen and oxygen atoms in total. The van der Waals surface area contributed by atoms with E-state index < -0.39 is 0 Å². The van der Waals surface area contributed by atoms with E-state index in [0.29, 0.717) is 0 Å². The van der Waals surface area contributed by atoms with Gasteiger partial charge in [-0.05, 0) is 18.2 Å². The van der Waals surface area contributed by atoms with Gasteiger partial charge in [0.2, 0.25) is 0 Å². The van der Waals surface area contributed by atoms with Gasteiger partial charge in [-0.3, -0.25) is 0 Å². The average molecular weight is 187 g/mol. The third-order valence-corrected chi connectivity index (χ3v) is 2.27. The molecule has 72 valence electrons. The van der Waals surface area contributed by atoms with Gasteiger partial charge in [-0.2, -0.15) is 0 Å². The van der Waals surface area contributed by atoms with E-state index in [-0.39, 0.29) is 0 Å². The topological polar surface area (TPSA) is 45.0 Å². The van der Waals surface area contributed by atoms with Crippen LogP contribution >= 0.6 is 0 Å². The second-order valence-electron chi connectivity index (χ2n) is 3.19. The van der Waals surface area contributed by atoms with Crippen molar-refractivity contribution in [2.24, 2.45) is 0 Å². The van der Waals surface area contributed by atoms with Crippen LogP contribution in [0.5, 0.6) is 0 Å². The SMILES string of the molecule is CN(c1cc[nH]c1)c1ccccc1N. The number of para-hydroxylation sites is 2. The molecule has 0 atom stereocenters. The van der Waals surface area contributed by atoms with Crippen molar-refractivity contribution >= 4 is 17.1 Å². The van der Waals surface area contributed by atoms with Crippen LogP contribution in [-0.2, 0) is 0 Å². The van der Waals surface area contributed by atoms with Gasteiger partial charge >= 0.3 is 0 Å². The zero-order valence-electron chi connectivity index (χ0n) is 8.07. The summed E-state index contributed by atoms with van der Waals surface area (Å²) in [6.07, 6.45) is 3.83. The first kappa shape index (κ1) is 8.69. The summed E-state index contributed by atoms with van der Waals surface area (Å²) in [5.41, 5.74) is 8.78. The Labute approximate surface area is 83.2 Å². The first-order chi connectivity index (χ1) is 6.79. The second-order valence-corrected chi connectivity index (χ2v) is 3.19. The summed E-state index contributed by atoms with van der Waals surface area (Å²) in [6.45, 7) is 0. The van der Waals surface area contributed by atoms with E-state index in [1.54, 1.807) is 0 Å². The fourth-order valence-electron chi connectivity index (χ4n) is 1.46. The molecular formula is C11H13N3. The normalized spacial score (nSPS) is 10.1. The smallest absolute Gasteiger partial charge is 0.0642 e. The fourth-order valence-corrected chi connectivity index (χ4v) is 1.46. The van der Waals surface area contributed by atoms with E-state index in [4.69, 9.17) is 5.73 Å². The molecule has 0 saturated carbocycles. The number of anilines is 3. The summed E-state index contributed by atoms with van der Waals surface area (Å²) >= 11 is 0. The lowest BCUT2D eigenvalue weighted by atomic mass is 10.2. The number of aromatic nitrogens is 1. The number of nitrogens with zero attached hydrogens (tertiary/aromatic N) is 1. The van der Waals surface area contributed by atoms with E-state index in [0.717, 1.165) is 17.1 Å². The van der Waals surface area contributed by atoms with Crippen LogP contribution in [0.15, 0.2) is 42.7 Å². The molecule has 14 heavy (non-hydrogen) atoms. The molecule has 0 aliphatic rings. The number of benzene rings is 1. The van der Waals surface area contributed by atoms with Gasteiger partial charge in [0.05, 0.1) is 17.1 Å². The molecule has 3 N–H and O–H groups in total. The maximum atomic E-state index is 5.88. The molecule has 2 aromatic rings.